The summed E-state index contributed by atoms with van der Waals surface area (Å²) in [5.41, 5.74) is -2.66. The van der Waals surface area contributed by atoms with Gasteiger partial charge in [0.2, 0.25) is 0 Å². The van der Waals surface area contributed by atoms with E-state index >= 15 is 0 Å². The molecule has 166 valence electrons. The predicted molar refractivity (Wildman–Crippen MR) is 97.0 cm³/mol. The number of amides is 1. The van der Waals surface area contributed by atoms with Crippen molar-refractivity contribution in [2.24, 2.45) is 0 Å². The number of rotatable bonds is 5. The molecule has 2 aromatic carbocycles. The Morgan fingerprint density at radius 2 is 1.71 bits per heavy atom. The Bertz CT molecular complexity index is 956. The van der Waals surface area contributed by atoms with Crippen molar-refractivity contribution in [2.75, 3.05) is 0 Å². The zero-order valence-corrected chi connectivity index (χ0v) is 16.1. The minimum absolute atomic E-state index is 0.0281. The highest BCUT2D eigenvalue weighted by atomic mass is 19.4. The summed E-state index contributed by atoms with van der Waals surface area (Å²) in [4.78, 5) is 13.9. The van der Waals surface area contributed by atoms with E-state index in [4.69, 9.17) is 9.47 Å². The van der Waals surface area contributed by atoms with Gasteiger partial charge in [-0.25, -0.2) is 0 Å². The molecule has 0 radical (unpaired) electrons. The second-order valence-electron chi connectivity index (χ2n) is 6.78. The van der Waals surface area contributed by atoms with E-state index in [9.17, 15) is 31.1 Å². The second kappa shape index (κ2) is 8.62. The maximum atomic E-state index is 13.4. The Morgan fingerprint density at radius 1 is 1.03 bits per heavy atom. The van der Waals surface area contributed by atoms with Crippen LogP contribution in [0.1, 0.15) is 35.3 Å². The van der Waals surface area contributed by atoms with Gasteiger partial charge in [-0.2, -0.15) is 26.3 Å². The van der Waals surface area contributed by atoms with Gasteiger partial charge in [-0.3, -0.25) is 4.79 Å². The number of hydrogen-bond acceptors (Lipinski definition) is 3. The molecule has 2 aromatic rings. The third-order valence-electron chi connectivity index (χ3n) is 4.58. The molecule has 1 aliphatic rings. The molecule has 0 bridgehead atoms. The first kappa shape index (κ1) is 22.7. The van der Waals surface area contributed by atoms with Crippen molar-refractivity contribution in [3.8, 4) is 0 Å². The van der Waals surface area contributed by atoms with Gasteiger partial charge in [0.25, 0.3) is 12.2 Å². The van der Waals surface area contributed by atoms with Crippen LogP contribution in [0.5, 0.6) is 0 Å². The monoisotopic (exact) mass is 445 g/mol. The molecule has 0 saturated heterocycles. The van der Waals surface area contributed by atoms with Crippen LogP contribution >= 0.6 is 0 Å². The van der Waals surface area contributed by atoms with E-state index < -0.39 is 47.3 Å². The van der Waals surface area contributed by atoms with Crippen LogP contribution in [-0.4, -0.2) is 17.1 Å². The van der Waals surface area contributed by atoms with E-state index in [2.05, 4.69) is 0 Å². The highest BCUT2D eigenvalue weighted by Gasteiger charge is 2.40. The number of nitrogens with zero attached hydrogens (tertiary/aromatic N) is 1. The molecule has 0 aliphatic carbocycles. The fraction of sp³-hybridized carbons (Fsp3) is 0.286. The molecule has 1 aliphatic heterocycles. The predicted octanol–water partition coefficient (Wildman–Crippen LogP) is 5.66. The van der Waals surface area contributed by atoms with Crippen LogP contribution in [0.4, 0.5) is 26.3 Å². The van der Waals surface area contributed by atoms with Gasteiger partial charge in [0, 0.05) is 6.20 Å². The summed E-state index contributed by atoms with van der Waals surface area (Å²) in [5, 5.41) is 0. The van der Waals surface area contributed by atoms with Gasteiger partial charge in [0.05, 0.1) is 23.8 Å². The summed E-state index contributed by atoms with van der Waals surface area (Å²) in [5.74, 6) is -0.654. The van der Waals surface area contributed by atoms with E-state index in [-0.39, 0.29) is 12.6 Å². The fourth-order valence-electron chi connectivity index (χ4n) is 3.04. The van der Waals surface area contributed by atoms with Gasteiger partial charge in [0.1, 0.15) is 6.26 Å². The van der Waals surface area contributed by atoms with Crippen molar-refractivity contribution >= 4 is 5.91 Å². The quantitative estimate of drug-likeness (QED) is 0.558. The Labute approximate surface area is 173 Å². The number of ether oxygens (including phenoxy) is 2. The summed E-state index contributed by atoms with van der Waals surface area (Å²) in [6, 6.07) is 10.2. The van der Waals surface area contributed by atoms with Gasteiger partial charge in [-0.15, -0.1) is 0 Å². The Hall–Kier alpha value is -3.01. The number of carbonyl (C=O) groups is 1. The van der Waals surface area contributed by atoms with E-state index in [0.717, 1.165) is 5.56 Å². The lowest BCUT2D eigenvalue weighted by atomic mass is 9.99. The van der Waals surface area contributed by atoms with Gasteiger partial charge < -0.3 is 14.4 Å². The summed E-state index contributed by atoms with van der Waals surface area (Å²) in [7, 11) is 0. The van der Waals surface area contributed by atoms with Crippen molar-refractivity contribution in [2.45, 2.75) is 38.2 Å². The van der Waals surface area contributed by atoms with Gasteiger partial charge in [0.15, 0.2) is 0 Å². The average molecular weight is 445 g/mol. The minimum Gasteiger partial charge on any atom is -0.461 e. The maximum Gasteiger partial charge on any atom is 0.416 e. The van der Waals surface area contributed by atoms with Crippen molar-refractivity contribution in [1.29, 1.82) is 0 Å². The van der Waals surface area contributed by atoms with Crippen molar-refractivity contribution < 1.29 is 40.6 Å². The van der Waals surface area contributed by atoms with Gasteiger partial charge in [-0.1, -0.05) is 36.4 Å². The first-order chi connectivity index (χ1) is 14.5. The highest BCUT2D eigenvalue weighted by Crippen LogP contribution is 2.40. The molecular formula is C21H17F6NO3. The molecule has 1 heterocycles. The first-order valence-corrected chi connectivity index (χ1v) is 9.07. The van der Waals surface area contributed by atoms with E-state index in [0.29, 0.717) is 12.1 Å². The SMILES string of the molecule is CC(OC1OC=CN(Cc2ccccc2)C1=O)c1ccc(C(F)(F)F)cc1C(F)(F)F. The number of hydrogen-bond donors (Lipinski definition) is 0. The molecular weight excluding hydrogens is 428 g/mol. The Balaban J connectivity index is 1.80. The molecule has 4 nitrogen and oxygen atoms in total. The van der Waals surface area contributed by atoms with E-state index in [1.807, 2.05) is 0 Å². The van der Waals surface area contributed by atoms with Gasteiger partial charge >= 0.3 is 12.4 Å². The van der Waals surface area contributed by atoms with Crippen molar-refractivity contribution in [3.05, 3.63) is 83.2 Å². The number of halogens is 6. The molecule has 31 heavy (non-hydrogen) atoms. The maximum absolute atomic E-state index is 13.4. The smallest absolute Gasteiger partial charge is 0.416 e. The molecule has 3 rings (SSSR count). The van der Waals surface area contributed by atoms with Crippen LogP contribution in [0.2, 0.25) is 0 Å². The van der Waals surface area contributed by atoms with Crippen LogP contribution in [0.3, 0.4) is 0 Å². The van der Waals surface area contributed by atoms with Crippen molar-refractivity contribution in [1.82, 2.24) is 4.90 Å². The van der Waals surface area contributed by atoms with Crippen LogP contribution < -0.4 is 0 Å². The lowest BCUT2D eigenvalue weighted by Crippen LogP contribution is -2.41. The lowest BCUT2D eigenvalue weighted by molar-refractivity contribution is -0.185. The Kier molecular flexibility index (Phi) is 6.30. The number of carbonyl (C=O) groups excluding carboxylic acids is 1. The first-order valence-electron chi connectivity index (χ1n) is 9.07. The normalized spacial score (nSPS) is 18.1. The largest absolute Gasteiger partial charge is 0.461 e. The number of benzene rings is 2. The molecule has 0 fully saturated rings. The molecule has 0 aromatic heterocycles. The van der Waals surface area contributed by atoms with Crippen LogP contribution in [0.25, 0.3) is 0 Å². The zero-order valence-electron chi connectivity index (χ0n) is 16.1. The standard InChI is InChI=1S/C21H17F6NO3/c1-13(16-8-7-15(20(22,23)24)11-17(16)21(25,26)27)31-19-18(29)28(9-10-30-19)12-14-5-3-2-4-6-14/h2-11,13,19H,12H2,1H3. The van der Waals surface area contributed by atoms with Crippen LogP contribution in [-0.2, 0) is 33.2 Å². The topological polar surface area (TPSA) is 38.8 Å². The molecule has 0 saturated carbocycles. The number of alkyl halides is 6. The molecule has 2 unspecified atom stereocenters. The van der Waals surface area contributed by atoms with E-state index in [1.165, 1.54) is 24.3 Å². The molecule has 1 amide bonds. The lowest BCUT2D eigenvalue weighted by Gasteiger charge is -2.30. The van der Waals surface area contributed by atoms with Crippen LogP contribution in [0, 0.1) is 0 Å². The highest BCUT2D eigenvalue weighted by molar-refractivity contribution is 5.81. The van der Waals surface area contributed by atoms with Gasteiger partial charge in [-0.05, 0) is 30.2 Å². The zero-order chi connectivity index (χ0) is 22.8. The third-order valence-corrected chi connectivity index (χ3v) is 4.58. The fourth-order valence-corrected chi connectivity index (χ4v) is 3.04. The summed E-state index contributed by atoms with van der Waals surface area (Å²) in [6.45, 7) is 1.39. The third kappa shape index (κ3) is 5.38. The average Bonchev–Trinajstić information content (AvgIpc) is 2.70. The molecule has 0 spiro atoms. The van der Waals surface area contributed by atoms with Crippen molar-refractivity contribution in [3.63, 3.8) is 0 Å². The molecule has 10 heteroatoms. The Morgan fingerprint density at radius 3 is 2.32 bits per heavy atom. The molecule has 0 N–H and O–H groups in total. The van der Waals surface area contributed by atoms with E-state index in [1.54, 1.807) is 30.3 Å². The summed E-state index contributed by atoms with van der Waals surface area (Å²) in [6.07, 6.45) is -10.4. The molecule has 2 atom stereocenters. The summed E-state index contributed by atoms with van der Waals surface area (Å²) < 4.78 is 89.2. The van der Waals surface area contributed by atoms with Crippen LogP contribution in [0.15, 0.2) is 61.0 Å². The summed E-state index contributed by atoms with van der Waals surface area (Å²) >= 11 is 0. The second-order valence-corrected chi connectivity index (χ2v) is 6.78. The minimum atomic E-state index is -5.05.